The highest BCUT2D eigenvalue weighted by molar-refractivity contribution is 9.10. The van der Waals surface area contributed by atoms with Gasteiger partial charge in [-0.3, -0.25) is 4.79 Å². The number of halogens is 1. The summed E-state index contributed by atoms with van der Waals surface area (Å²) in [6.07, 6.45) is 3.17. The zero-order valence-electron chi connectivity index (χ0n) is 7.01. The van der Waals surface area contributed by atoms with E-state index in [1.807, 2.05) is 6.07 Å². The number of carbonyl (C=O) groups is 1. The summed E-state index contributed by atoms with van der Waals surface area (Å²) in [6, 6.07) is 1.83. The highest BCUT2D eigenvalue weighted by Gasteiger charge is 2.06. The Bertz CT molecular complexity index is 494. The summed E-state index contributed by atoms with van der Waals surface area (Å²) in [5.74, 6) is -0.635. The maximum atomic E-state index is 10.4. The molecule has 0 fully saturated rings. The first-order chi connectivity index (χ1) is 6.66. The van der Waals surface area contributed by atoms with Crippen LogP contribution in [0.2, 0.25) is 0 Å². The molecule has 0 aliphatic rings. The number of fused-ring (bicyclic) bond motifs is 1. The van der Waals surface area contributed by atoms with Crippen molar-refractivity contribution in [3.05, 3.63) is 28.8 Å². The van der Waals surface area contributed by atoms with Gasteiger partial charge in [-0.15, -0.1) is 0 Å². The Morgan fingerprint density at radius 2 is 2.43 bits per heavy atom. The molecule has 72 valence electrons. The summed E-state index contributed by atoms with van der Waals surface area (Å²) < 4.78 is 2.48. The minimum atomic E-state index is -0.935. The average Bonchev–Trinajstić information content (AvgIpc) is 2.46. The monoisotopic (exact) mass is 255 g/mol. The summed E-state index contributed by atoms with van der Waals surface area (Å²) in [5.41, 5.74) is 0.819. The van der Waals surface area contributed by atoms with Crippen LogP contribution in [0.4, 0.5) is 0 Å². The molecular formula is C8H6BrN3O2. The molecule has 0 saturated heterocycles. The lowest BCUT2D eigenvalue weighted by Crippen LogP contribution is -2.07. The first kappa shape index (κ1) is 9.14. The van der Waals surface area contributed by atoms with E-state index in [4.69, 9.17) is 5.11 Å². The van der Waals surface area contributed by atoms with Gasteiger partial charge in [0, 0.05) is 10.7 Å². The number of carboxylic acids is 1. The zero-order valence-corrected chi connectivity index (χ0v) is 8.60. The van der Waals surface area contributed by atoms with Crippen LogP contribution in [0.25, 0.3) is 5.52 Å². The van der Waals surface area contributed by atoms with E-state index >= 15 is 0 Å². The molecule has 14 heavy (non-hydrogen) atoms. The van der Waals surface area contributed by atoms with Crippen molar-refractivity contribution >= 4 is 27.4 Å². The smallest absolute Gasteiger partial charge is 0.311 e. The number of rotatable bonds is 2. The molecule has 1 N–H and O–H groups in total. The molecular weight excluding hydrogens is 250 g/mol. The molecule has 2 aromatic heterocycles. The van der Waals surface area contributed by atoms with Crippen molar-refractivity contribution < 1.29 is 9.90 Å². The molecule has 5 nitrogen and oxygen atoms in total. The van der Waals surface area contributed by atoms with Gasteiger partial charge in [-0.1, -0.05) is 0 Å². The van der Waals surface area contributed by atoms with Crippen LogP contribution in [-0.2, 0) is 11.2 Å². The van der Waals surface area contributed by atoms with Crippen molar-refractivity contribution in [2.45, 2.75) is 6.42 Å². The molecule has 0 aliphatic heterocycles. The fourth-order valence-electron chi connectivity index (χ4n) is 1.12. The molecule has 0 amide bonds. The van der Waals surface area contributed by atoms with E-state index in [9.17, 15) is 4.79 Å². The molecule has 2 rings (SSSR count). The molecule has 0 bridgehead atoms. The highest BCUT2D eigenvalue weighted by Crippen LogP contribution is 2.16. The zero-order chi connectivity index (χ0) is 10.1. The number of carboxylic acid groups (broad SMARTS) is 1. The normalized spacial score (nSPS) is 10.6. The van der Waals surface area contributed by atoms with Gasteiger partial charge in [-0.25, -0.2) is 9.50 Å². The van der Waals surface area contributed by atoms with E-state index in [0.717, 1.165) is 9.99 Å². The van der Waals surface area contributed by atoms with Gasteiger partial charge >= 0.3 is 5.97 Å². The fourth-order valence-corrected chi connectivity index (χ4v) is 1.52. The van der Waals surface area contributed by atoms with Gasteiger partial charge < -0.3 is 5.11 Å². The number of hydrogen-bond acceptors (Lipinski definition) is 3. The van der Waals surface area contributed by atoms with Crippen molar-refractivity contribution in [1.29, 1.82) is 0 Å². The molecule has 0 aliphatic carbocycles. The fraction of sp³-hybridized carbons (Fsp3) is 0.125. The second kappa shape index (κ2) is 3.38. The molecule has 2 heterocycles. The van der Waals surface area contributed by atoms with Gasteiger partial charge in [0.25, 0.3) is 0 Å². The second-order valence-corrected chi connectivity index (χ2v) is 3.59. The molecule has 2 aromatic rings. The Morgan fingerprint density at radius 3 is 3.14 bits per heavy atom. The summed E-state index contributed by atoms with van der Waals surface area (Å²) in [7, 11) is 0. The van der Waals surface area contributed by atoms with Crippen LogP contribution >= 0.6 is 15.9 Å². The van der Waals surface area contributed by atoms with Gasteiger partial charge in [-0.05, 0) is 22.0 Å². The van der Waals surface area contributed by atoms with Gasteiger partial charge in [-0.2, -0.15) is 5.10 Å². The van der Waals surface area contributed by atoms with Crippen LogP contribution in [0, 0.1) is 0 Å². The SMILES string of the molecule is O=C(O)Cc1ncc2c(Br)ccn2n1. The molecule has 0 unspecified atom stereocenters. The quantitative estimate of drug-likeness (QED) is 0.874. The summed E-state index contributed by atoms with van der Waals surface area (Å²) >= 11 is 3.33. The van der Waals surface area contributed by atoms with Crippen LogP contribution in [-0.4, -0.2) is 25.7 Å². The molecule has 0 spiro atoms. The van der Waals surface area contributed by atoms with E-state index in [1.165, 1.54) is 0 Å². The Balaban J connectivity index is 2.46. The number of aliphatic carboxylic acids is 1. The minimum Gasteiger partial charge on any atom is -0.481 e. The second-order valence-electron chi connectivity index (χ2n) is 2.74. The van der Waals surface area contributed by atoms with Crippen molar-refractivity contribution in [2.24, 2.45) is 0 Å². The van der Waals surface area contributed by atoms with E-state index in [-0.39, 0.29) is 6.42 Å². The van der Waals surface area contributed by atoms with Gasteiger partial charge in [0.2, 0.25) is 0 Å². The lowest BCUT2D eigenvalue weighted by Gasteiger charge is -1.97. The predicted molar refractivity (Wildman–Crippen MR) is 52.0 cm³/mol. The van der Waals surface area contributed by atoms with Gasteiger partial charge in [0.1, 0.15) is 6.42 Å². The number of nitrogens with zero attached hydrogens (tertiary/aromatic N) is 3. The lowest BCUT2D eigenvalue weighted by atomic mass is 10.4. The number of aromatic nitrogens is 3. The maximum absolute atomic E-state index is 10.4. The molecule has 0 atom stereocenters. The molecule has 0 saturated carbocycles. The third kappa shape index (κ3) is 1.60. The largest absolute Gasteiger partial charge is 0.481 e. The molecule has 0 radical (unpaired) electrons. The predicted octanol–water partition coefficient (Wildman–Crippen LogP) is 1.12. The standard InChI is InChI=1S/C8H6BrN3O2/c9-5-1-2-12-6(5)4-10-7(11-12)3-8(13)14/h1-2,4H,3H2,(H,13,14). The Morgan fingerprint density at radius 1 is 1.64 bits per heavy atom. The van der Waals surface area contributed by atoms with Crippen molar-refractivity contribution in [2.75, 3.05) is 0 Å². The summed E-state index contributed by atoms with van der Waals surface area (Å²) in [4.78, 5) is 14.3. The van der Waals surface area contributed by atoms with Gasteiger partial charge in [0.15, 0.2) is 5.82 Å². The Hall–Kier alpha value is -1.43. The first-order valence-corrected chi connectivity index (χ1v) is 4.66. The van der Waals surface area contributed by atoms with Crippen molar-refractivity contribution in [1.82, 2.24) is 14.6 Å². The topological polar surface area (TPSA) is 67.5 Å². The number of hydrogen-bond donors (Lipinski definition) is 1. The first-order valence-electron chi connectivity index (χ1n) is 3.87. The van der Waals surface area contributed by atoms with Crippen LogP contribution in [0.5, 0.6) is 0 Å². The van der Waals surface area contributed by atoms with Crippen LogP contribution in [0.3, 0.4) is 0 Å². The minimum absolute atomic E-state index is 0.161. The highest BCUT2D eigenvalue weighted by atomic mass is 79.9. The van der Waals surface area contributed by atoms with Crippen LogP contribution in [0.1, 0.15) is 5.82 Å². The Kier molecular flexibility index (Phi) is 2.20. The average molecular weight is 256 g/mol. The van der Waals surface area contributed by atoms with E-state index in [1.54, 1.807) is 16.9 Å². The van der Waals surface area contributed by atoms with Crippen LogP contribution in [0.15, 0.2) is 22.9 Å². The summed E-state index contributed by atoms with van der Waals surface area (Å²) in [6.45, 7) is 0. The van der Waals surface area contributed by atoms with Crippen molar-refractivity contribution in [3.8, 4) is 0 Å². The van der Waals surface area contributed by atoms with Crippen LogP contribution < -0.4 is 0 Å². The lowest BCUT2D eigenvalue weighted by molar-refractivity contribution is -0.136. The van der Waals surface area contributed by atoms with E-state index in [2.05, 4.69) is 26.0 Å². The van der Waals surface area contributed by atoms with Gasteiger partial charge in [0.05, 0.1) is 11.7 Å². The van der Waals surface area contributed by atoms with E-state index < -0.39 is 5.97 Å². The molecule has 6 heteroatoms. The van der Waals surface area contributed by atoms with E-state index in [0.29, 0.717) is 5.82 Å². The third-order valence-corrected chi connectivity index (χ3v) is 2.39. The molecule has 0 aromatic carbocycles. The third-order valence-electron chi connectivity index (χ3n) is 1.72. The maximum Gasteiger partial charge on any atom is 0.311 e. The Labute approximate surface area is 87.5 Å². The summed E-state index contributed by atoms with van der Waals surface area (Å²) in [5, 5.41) is 12.6. The van der Waals surface area contributed by atoms with Crippen molar-refractivity contribution in [3.63, 3.8) is 0 Å².